The molecular weight excluding hydrogens is 222 g/mol. The molecule has 16 heavy (non-hydrogen) atoms. The number of hydrogen-bond donors (Lipinski definition) is 1. The zero-order chi connectivity index (χ0) is 11.4. The van der Waals surface area contributed by atoms with E-state index >= 15 is 0 Å². The molecule has 0 atom stereocenters. The van der Waals surface area contributed by atoms with Gasteiger partial charge in [0, 0.05) is 24.3 Å². The monoisotopic (exact) mass is 233 g/mol. The minimum Gasteiger partial charge on any atom is -0.288 e. The molecule has 2 aromatic rings. The Labute approximate surface area is 97.1 Å². The summed E-state index contributed by atoms with van der Waals surface area (Å²) in [4.78, 5) is 14.8. The van der Waals surface area contributed by atoms with E-state index in [4.69, 9.17) is 0 Å². The van der Waals surface area contributed by atoms with Gasteiger partial charge in [0.1, 0.15) is 0 Å². The molecule has 0 amide bonds. The molecular formula is C11H11N3OS. The van der Waals surface area contributed by atoms with Gasteiger partial charge in [0.15, 0.2) is 10.8 Å². The first-order valence-corrected chi connectivity index (χ1v) is 5.85. The standard InChI is InChI=1S/C11H11N3OS/c1-8(15)16-7-3-5-10-9-4-2-6-12-11(9)14-13-10/h2-6H,7H2,1H3,(H,12,13,14). The van der Waals surface area contributed by atoms with Gasteiger partial charge in [-0.2, -0.15) is 5.10 Å². The van der Waals surface area contributed by atoms with Gasteiger partial charge < -0.3 is 0 Å². The third kappa shape index (κ3) is 2.49. The number of nitrogens with one attached hydrogen (secondary N) is 1. The molecule has 0 saturated heterocycles. The smallest absolute Gasteiger partial charge is 0.186 e. The SMILES string of the molecule is CC(=O)SCC=Cc1[nH]nc2ncccc12. The maximum absolute atomic E-state index is 10.7. The average Bonchev–Trinajstić information content (AvgIpc) is 2.68. The van der Waals surface area contributed by atoms with Crippen molar-refractivity contribution in [1.29, 1.82) is 0 Å². The maximum atomic E-state index is 10.7. The molecule has 5 heteroatoms. The average molecular weight is 233 g/mol. The van der Waals surface area contributed by atoms with Gasteiger partial charge in [-0.3, -0.25) is 9.89 Å². The van der Waals surface area contributed by atoms with Crippen molar-refractivity contribution in [3.8, 4) is 0 Å². The number of carbonyl (C=O) groups excluding carboxylic acids is 1. The molecule has 0 radical (unpaired) electrons. The van der Waals surface area contributed by atoms with E-state index in [0.29, 0.717) is 11.4 Å². The molecule has 82 valence electrons. The van der Waals surface area contributed by atoms with Gasteiger partial charge in [-0.05, 0) is 18.2 Å². The zero-order valence-electron chi connectivity index (χ0n) is 8.80. The number of aromatic nitrogens is 3. The van der Waals surface area contributed by atoms with Crippen LogP contribution in [0.3, 0.4) is 0 Å². The minimum absolute atomic E-state index is 0.126. The Hall–Kier alpha value is -1.62. The fourth-order valence-electron chi connectivity index (χ4n) is 1.33. The van der Waals surface area contributed by atoms with E-state index < -0.39 is 0 Å². The highest BCUT2D eigenvalue weighted by molar-refractivity contribution is 8.13. The summed E-state index contributed by atoms with van der Waals surface area (Å²) >= 11 is 1.28. The zero-order valence-corrected chi connectivity index (χ0v) is 9.62. The Kier molecular flexibility index (Phi) is 3.36. The van der Waals surface area contributed by atoms with Crippen LogP contribution in [0.25, 0.3) is 17.1 Å². The van der Waals surface area contributed by atoms with Gasteiger partial charge in [-0.25, -0.2) is 4.98 Å². The van der Waals surface area contributed by atoms with Crippen molar-refractivity contribution in [2.24, 2.45) is 0 Å². The number of hydrogen-bond acceptors (Lipinski definition) is 4. The van der Waals surface area contributed by atoms with E-state index in [1.165, 1.54) is 11.8 Å². The van der Waals surface area contributed by atoms with Gasteiger partial charge in [0.2, 0.25) is 0 Å². The molecule has 2 heterocycles. The molecule has 0 aliphatic rings. The number of aromatic amines is 1. The lowest BCUT2D eigenvalue weighted by Gasteiger charge is -1.90. The molecule has 0 unspecified atom stereocenters. The summed E-state index contributed by atoms with van der Waals surface area (Å²) < 4.78 is 0. The lowest BCUT2D eigenvalue weighted by atomic mass is 10.2. The Morgan fingerprint density at radius 3 is 3.31 bits per heavy atom. The molecule has 1 N–H and O–H groups in total. The molecule has 2 aromatic heterocycles. The van der Waals surface area contributed by atoms with Crippen LogP contribution in [0.2, 0.25) is 0 Å². The van der Waals surface area contributed by atoms with Crippen molar-refractivity contribution >= 4 is 34.0 Å². The summed E-state index contributed by atoms with van der Waals surface area (Å²) in [5.41, 5.74) is 1.63. The third-order valence-electron chi connectivity index (χ3n) is 2.03. The molecule has 0 aliphatic heterocycles. The van der Waals surface area contributed by atoms with E-state index in [0.717, 1.165) is 11.1 Å². The summed E-state index contributed by atoms with van der Waals surface area (Å²) in [7, 11) is 0. The highest BCUT2D eigenvalue weighted by Gasteiger charge is 2.01. The van der Waals surface area contributed by atoms with Crippen LogP contribution in [0.1, 0.15) is 12.6 Å². The van der Waals surface area contributed by atoms with Crippen molar-refractivity contribution in [2.75, 3.05) is 5.75 Å². The molecule has 0 fully saturated rings. The van der Waals surface area contributed by atoms with Crippen LogP contribution in [0.5, 0.6) is 0 Å². The Bertz CT molecular complexity index is 533. The van der Waals surface area contributed by atoms with Crippen LogP contribution >= 0.6 is 11.8 Å². The first-order chi connectivity index (χ1) is 7.77. The van der Waals surface area contributed by atoms with E-state index in [9.17, 15) is 4.79 Å². The van der Waals surface area contributed by atoms with Crippen LogP contribution in [0.15, 0.2) is 24.4 Å². The Balaban J connectivity index is 2.12. The fraction of sp³-hybridized carbons (Fsp3) is 0.182. The number of H-pyrrole nitrogens is 1. The van der Waals surface area contributed by atoms with E-state index in [1.807, 2.05) is 24.3 Å². The van der Waals surface area contributed by atoms with Gasteiger partial charge in [-0.15, -0.1) is 0 Å². The van der Waals surface area contributed by atoms with Crippen LogP contribution in [0, 0.1) is 0 Å². The van der Waals surface area contributed by atoms with Crippen LogP contribution in [0.4, 0.5) is 0 Å². The van der Waals surface area contributed by atoms with Crippen molar-refractivity contribution in [3.05, 3.63) is 30.1 Å². The number of carbonyl (C=O) groups is 1. The summed E-state index contributed by atoms with van der Waals surface area (Å²) in [6, 6.07) is 3.84. The molecule has 2 rings (SSSR count). The number of fused-ring (bicyclic) bond motifs is 1. The molecule has 0 aliphatic carbocycles. The second kappa shape index (κ2) is 4.94. The molecule has 4 nitrogen and oxygen atoms in total. The van der Waals surface area contributed by atoms with E-state index in [2.05, 4.69) is 15.2 Å². The molecule has 0 spiro atoms. The van der Waals surface area contributed by atoms with Gasteiger partial charge in [0.25, 0.3) is 0 Å². The summed E-state index contributed by atoms with van der Waals surface area (Å²) in [5.74, 6) is 0.677. The predicted molar refractivity (Wildman–Crippen MR) is 66.1 cm³/mol. The molecule has 0 aromatic carbocycles. The number of thioether (sulfide) groups is 1. The number of rotatable bonds is 3. The lowest BCUT2D eigenvalue weighted by molar-refractivity contribution is -0.109. The van der Waals surface area contributed by atoms with Crippen molar-refractivity contribution in [3.63, 3.8) is 0 Å². The van der Waals surface area contributed by atoms with Crippen LogP contribution < -0.4 is 0 Å². The van der Waals surface area contributed by atoms with Crippen molar-refractivity contribution in [2.45, 2.75) is 6.92 Å². The lowest BCUT2D eigenvalue weighted by Crippen LogP contribution is -1.81. The van der Waals surface area contributed by atoms with Crippen molar-refractivity contribution in [1.82, 2.24) is 15.2 Å². The first-order valence-electron chi connectivity index (χ1n) is 4.86. The fourth-order valence-corrected chi connectivity index (χ4v) is 1.76. The second-order valence-corrected chi connectivity index (χ2v) is 4.41. The Morgan fingerprint density at radius 2 is 2.50 bits per heavy atom. The summed E-state index contributed by atoms with van der Waals surface area (Å²) in [6.45, 7) is 1.56. The predicted octanol–water partition coefficient (Wildman–Crippen LogP) is 2.25. The highest BCUT2D eigenvalue weighted by atomic mass is 32.2. The summed E-state index contributed by atoms with van der Waals surface area (Å²) in [5, 5.41) is 8.10. The largest absolute Gasteiger partial charge is 0.288 e. The van der Waals surface area contributed by atoms with E-state index in [-0.39, 0.29) is 5.12 Å². The number of nitrogens with zero attached hydrogens (tertiary/aromatic N) is 2. The maximum Gasteiger partial charge on any atom is 0.186 e. The second-order valence-electron chi connectivity index (χ2n) is 3.22. The minimum atomic E-state index is 0.126. The normalized spacial score (nSPS) is 11.3. The van der Waals surface area contributed by atoms with Crippen molar-refractivity contribution < 1.29 is 4.79 Å². The molecule has 0 saturated carbocycles. The number of pyridine rings is 1. The van der Waals surface area contributed by atoms with Gasteiger partial charge in [0.05, 0.1) is 5.69 Å². The topological polar surface area (TPSA) is 58.6 Å². The van der Waals surface area contributed by atoms with Gasteiger partial charge >= 0.3 is 0 Å². The van der Waals surface area contributed by atoms with Crippen LogP contribution in [-0.2, 0) is 4.79 Å². The first kappa shape index (κ1) is 10.9. The molecule has 0 bridgehead atoms. The highest BCUT2D eigenvalue weighted by Crippen LogP contribution is 2.14. The van der Waals surface area contributed by atoms with Gasteiger partial charge in [-0.1, -0.05) is 17.8 Å². The summed E-state index contributed by atoms with van der Waals surface area (Å²) in [6.07, 6.45) is 5.57. The Morgan fingerprint density at radius 1 is 1.62 bits per heavy atom. The van der Waals surface area contributed by atoms with Crippen LogP contribution in [-0.4, -0.2) is 26.0 Å². The van der Waals surface area contributed by atoms with E-state index in [1.54, 1.807) is 13.1 Å². The quantitative estimate of drug-likeness (QED) is 0.883. The third-order valence-corrected chi connectivity index (χ3v) is 2.79.